The summed E-state index contributed by atoms with van der Waals surface area (Å²) in [5.74, 6) is -0.970. The van der Waals surface area contributed by atoms with Crippen LogP contribution >= 0.6 is 0 Å². The summed E-state index contributed by atoms with van der Waals surface area (Å²) in [4.78, 5) is 25.2. The van der Waals surface area contributed by atoms with Gasteiger partial charge in [-0.2, -0.15) is 0 Å². The first-order chi connectivity index (χ1) is 13.1. The number of carbonyl (C=O) groups is 2. The zero-order chi connectivity index (χ0) is 20.9. The predicted octanol–water partition coefficient (Wildman–Crippen LogP) is 1.86. The van der Waals surface area contributed by atoms with Crippen LogP contribution in [0.2, 0.25) is 0 Å². The van der Waals surface area contributed by atoms with Gasteiger partial charge in [0.2, 0.25) is 0 Å². The van der Waals surface area contributed by atoms with Crippen molar-refractivity contribution < 1.29 is 29.6 Å². The van der Waals surface area contributed by atoms with Crippen molar-refractivity contribution >= 4 is 11.8 Å². The largest absolute Gasteiger partial charge is 0.460 e. The molecule has 158 valence electrons. The maximum Gasteiger partial charge on any atom is 0.332 e. The third kappa shape index (κ3) is 2.71. The van der Waals surface area contributed by atoms with Gasteiger partial charge in [0, 0.05) is 23.2 Å². The van der Waals surface area contributed by atoms with E-state index in [9.17, 15) is 24.9 Å². The van der Waals surface area contributed by atoms with Crippen LogP contribution in [0.4, 0.5) is 0 Å². The summed E-state index contributed by atoms with van der Waals surface area (Å²) in [6.45, 7) is 8.90. The summed E-state index contributed by atoms with van der Waals surface area (Å²) in [7, 11) is 0. The molecule has 0 spiro atoms. The standard InChI is InChI=1S/C22H34O6/c1-5-21(12-24)10-16(28-17(26)11-23)20(4)13(2)6-8-22(14(3)19(21)27)9-7-15(25)18(20)22/h5,13-14,16,18-19,23-24,27H,1,6-12H2,2-4H3/t13-,14+,16-,18?,19+,20+,21-,22+/m1/s1. The van der Waals surface area contributed by atoms with Crippen LogP contribution in [0.1, 0.15) is 52.9 Å². The van der Waals surface area contributed by atoms with Crippen LogP contribution in [-0.4, -0.2) is 52.5 Å². The molecule has 6 nitrogen and oxygen atoms in total. The number of Topliss-reactive ketones (excluding diaryl/α,β-unsaturated/α-hetero) is 1. The lowest BCUT2D eigenvalue weighted by Crippen LogP contribution is -2.64. The Balaban J connectivity index is 2.23. The fraction of sp³-hybridized carbons (Fsp3) is 0.818. The molecule has 3 fully saturated rings. The molecule has 0 saturated heterocycles. The Morgan fingerprint density at radius 1 is 1.32 bits per heavy atom. The van der Waals surface area contributed by atoms with Gasteiger partial charge in [0.05, 0.1) is 12.7 Å². The maximum atomic E-state index is 13.1. The number of hydrogen-bond acceptors (Lipinski definition) is 6. The van der Waals surface area contributed by atoms with Crippen LogP contribution in [0, 0.1) is 34.0 Å². The van der Waals surface area contributed by atoms with Gasteiger partial charge in [0.1, 0.15) is 18.5 Å². The Morgan fingerprint density at radius 2 is 2.00 bits per heavy atom. The van der Waals surface area contributed by atoms with Crippen LogP contribution in [0.5, 0.6) is 0 Å². The number of ketones is 1. The average molecular weight is 395 g/mol. The van der Waals surface area contributed by atoms with Crippen molar-refractivity contribution in [1.29, 1.82) is 0 Å². The van der Waals surface area contributed by atoms with Crippen molar-refractivity contribution in [2.75, 3.05) is 13.2 Å². The minimum absolute atomic E-state index is 0.118. The van der Waals surface area contributed by atoms with E-state index in [-0.39, 0.29) is 42.0 Å². The number of esters is 1. The highest BCUT2D eigenvalue weighted by Crippen LogP contribution is 2.67. The van der Waals surface area contributed by atoms with Crippen molar-refractivity contribution in [3.63, 3.8) is 0 Å². The van der Waals surface area contributed by atoms with E-state index in [1.807, 2.05) is 13.8 Å². The minimum atomic E-state index is -1.04. The van der Waals surface area contributed by atoms with Crippen LogP contribution in [-0.2, 0) is 14.3 Å². The van der Waals surface area contributed by atoms with E-state index >= 15 is 0 Å². The third-order valence-electron chi connectivity index (χ3n) is 8.79. The van der Waals surface area contributed by atoms with Crippen LogP contribution < -0.4 is 0 Å². The number of carbonyl (C=O) groups excluding carboxylic acids is 2. The molecule has 8 atom stereocenters. The van der Waals surface area contributed by atoms with Gasteiger partial charge in [-0.25, -0.2) is 4.79 Å². The first kappa shape index (κ1) is 21.5. The molecular formula is C22H34O6. The van der Waals surface area contributed by atoms with E-state index in [2.05, 4.69) is 13.5 Å². The summed E-state index contributed by atoms with van der Waals surface area (Å²) >= 11 is 0. The number of ether oxygens (including phenoxy) is 1. The van der Waals surface area contributed by atoms with Crippen LogP contribution in [0.25, 0.3) is 0 Å². The summed E-state index contributed by atoms with van der Waals surface area (Å²) in [5, 5.41) is 30.9. The molecule has 2 bridgehead atoms. The predicted molar refractivity (Wildman–Crippen MR) is 103 cm³/mol. The smallest absolute Gasteiger partial charge is 0.332 e. The van der Waals surface area contributed by atoms with Gasteiger partial charge in [-0.15, -0.1) is 6.58 Å². The molecule has 3 aliphatic rings. The Kier molecular flexibility index (Phi) is 5.54. The van der Waals surface area contributed by atoms with Crippen molar-refractivity contribution in [3.05, 3.63) is 12.7 Å². The molecule has 0 heterocycles. The van der Waals surface area contributed by atoms with E-state index in [1.165, 1.54) is 0 Å². The summed E-state index contributed by atoms with van der Waals surface area (Å²) in [5.41, 5.74) is -2.05. The van der Waals surface area contributed by atoms with Crippen molar-refractivity contribution in [3.8, 4) is 0 Å². The van der Waals surface area contributed by atoms with E-state index in [4.69, 9.17) is 4.74 Å². The molecule has 1 unspecified atom stereocenters. The molecule has 28 heavy (non-hydrogen) atoms. The lowest BCUT2D eigenvalue weighted by molar-refractivity contribution is -0.212. The Labute approximate surface area is 167 Å². The van der Waals surface area contributed by atoms with E-state index < -0.39 is 35.6 Å². The topological polar surface area (TPSA) is 104 Å². The van der Waals surface area contributed by atoms with E-state index in [0.29, 0.717) is 12.8 Å². The molecule has 3 saturated carbocycles. The quantitative estimate of drug-likeness (QED) is 0.497. The number of rotatable bonds is 4. The summed E-state index contributed by atoms with van der Waals surface area (Å²) < 4.78 is 5.72. The maximum absolute atomic E-state index is 13.1. The zero-order valence-electron chi connectivity index (χ0n) is 17.2. The molecule has 3 aliphatic carbocycles. The molecule has 0 aromatic rings. The number of aliphatic hydroxyl groups excluding tert-OH is 3. The second-order valence-electron chi connectivity index (χ2n) is 9.61. The highest BCUT2D eigenvalue weighted by Gasteiger charge is 2.68. The fourth-order valence-corrected chi connectivity index (χ4v) is 6.79. The van der Waals surface area contributed by atoms with Gasteiger partial charge in [-0.3, -0.25) is 4.79 Å². The van der Waals surface area contributed by atoms with Gasteiger partial charge in [0.15, 0.2) is 0 Å². The minimum Gasteiger partial charge on any atom is -0.460 e. The van der Waals surface area contributed by atoms with Gasteiger partial charge in [0.25, 0.3) is 0 Å². The van der Waals surface area contributed by atoms with E-state index in [0.717, 1.165) is 12.8 Å². The van der Waals surface area contributed by atoms with Crippen molar-refractivity contribution in [1.82, 2.24) is 0 Å². The molecule has 0 aromatic carbocycles. The Morgan fingerprint density at radius 3 is 2.57 bits per heavy atom. The fourth-order valence-electron chi connectivity index (χ4n) is 6.79. The van der Waals surface area contributed by atoms with Gasteiger partial charge >= 0.3 is 5.97 Å². The van der Waals surface area contributed by atoms with Crippen LogP contribution in [0.3, 0.4) is 0 Å². The molecular weight excluding hydrogens is 360 g/mol. The average Bonchev–Trinajstić information content (AvgIpc) is 3.04. The first-order valence-electron chi connectivity index (χ1n) is 10.4. The van der Waals surface area contributed by atoms with Gasteiger partial charge < -0.3 is 20.1 Å². The second kappa shape index (κ2) is 7.22. The third-order valence-corrected chi connectivity index (χ3v) is 8.79. The monoisotopic (exact) mass is 394 g/mol. The van der Waals surface area contributed by atoms with Gasteiger partial charge in [-0.1, -0.05) is 26.8 Å². The molecule has 0 amide bonds. The molecule has 6 heteroatoms. The van der Waals surface area contributed by atoms with Crippen LogP contribution in [0.15, 0.2) is 12.7 Å². The molecule has 3 N–H and O–H groups in total. The SMILES string of the molecule is C=C[C@]1(CO)C[C@@H](OC(=O)CO)[C@@]2(C)C3C(=O)CC[C@@]3(CC[C@H]2C)[C@@H](C)[C@@H]1O. The van der Waals surface area contributed by atoms with Crippen molar-refractivity contribution in [2.45, 2.75) is 65.1 Å². The van der Waals surface area contributed by atoms with E-state index in [1.54, 1.807) is 6.08 Å². The second-order valence-corrected chi connectivity index (χ2v) is 9.61. The Hall–Kier alpha value is -1.24. The summed E-state index contributed by atoms with van der Waals surface area (Å²) in [6.07, 6.45) is 3.01. The van der Waals surface area contributed by atoms with Gasteiger partial charge in [-0.05, 0) is 42.9 Å². The Bertz CT molecular complexity index is 661. The molecule has 0 aromatic heterocycles. The lowest BCUT2D eigenvalue weighted by atomic mass is 9.43. The first-order valence-corrected chi connectivity index (χ1v) is 10.4. The molecule has 0 aliphatic heterocycles. The van der Waals surface area contributed by atoms with Crippen molar-refractivity contribution in [2.24, 2.45) is 34.0 Å². The summed E-state index contributed by atoms with van der Waals surface area (Å²) in [6, 6.07) is 0. The number of hydrogen-bond donors (Lipinski definition) is 3. The highest BCUT2D eigenvalue weighted by atomic mass is 16.6. The highest BCUT2D eigenvalue weighted by molar-refractivity contribution is 5.85. The molecule has 0 radical (unpaired) electrons. The normalized spacial score (nSPS) is 48.4. The lowest BCUT2D eigenvalue weighted by Gasteiger charge is -2.62. The number of aliphatic hydroxyl groups is 3. The zero-order valence-corrected chi connectivity index (χ0v) is 17.2. The molecule has 3 rings (SSSR count).